The number of furan rings is 1. The first-order valence-corrected chi connectivity index (χ1v) is 14.6. The molecule has 0 unspecified atom stereocenters. The van der Waals surface area contributed by atoms with Crippen LogP contribution in [0, 0.1) is 17.0 Å². The summed E-state index contributed by atoms with van der Waals surface area (Å²) in [5.41, 5.74) is 2.37. The first kappa shape index (κ1) is 27.7. The maximum Gasteiger partial charge on any atom is 0.433 e. The topological polar surface area (TPSA) is 139 Å². The van der Waals surface area contributed by atoms with E-state index in [2.05, 4.69) is 10.1 Å². The van der Waals surface area contributed by atoms with Gasteiger partial charge in [0, 0.05) is 12.1 Å². The third-order valence-electron chi connectivity index (χ3n) is 6.02. The van der Waals surface area contributed by atoms with E-state index in [-0.39, 0.29) is 27.9 Å². The number of aromatic nitrogens is 1. The average molecular weight is 590 g/mol. The lowest BCUT2D eigenvalue weighted by Gasteiger charge is -2.23. The predicted octanol–water partition coefficient (Wildman–Crippen LogP) is 6.00. The average Bonchev–Trinajstić information content (AvgIpc) is 3.61. The van der Waals surface area contributed by atoms with Gasteiger partial charge in [-0.2, -0.15) is 10.1 Å². The van der Waals surface area contributed by atoms with Gasteiger partial charge in [0.1, 0.15) is 4.92 Å². The molecular formula is C28H23N5O6S2. The number of carbonyl (C=O) groups is 1. The van der Waals surface area contributed by atoms with Crippen molar-refractivity contribution >= 4 is 60.4 Å². The van der Waals surface area contributed by atoms with E-state index >= 15 is 0 Å². The van der Waals surface area contributed by atoms with Gasteiger partial charge in [-0.15, -0.1) is 0 Å². The molecule has 0 atom stereocenters. The summed E-state index contributed by atoms with van der Waals surface area (Å²) in [6.45, 7) is 3.90. The Hall–Kier alpha value is -4.88. The second-order valence-corrected chi connectivity index (χ2v) is 11.7. The number of hydrogen-bond donors (Lipinski definition) is 0. The highest BCUT2D eigenvalue weighted by atomic mass is 32.2. The SMILES string of the molecule is CCN(c1ccccc1)S(=O)(=O)c1ccc(C(=O)N(/N=C/c2ccc([N+](=O)[O-])o2)c2nc3ccc(C)cc3s2)cc1. The molecule has 0 saturated carbocycles. The number of aryl methyl sites for hydroxylation is 1. The number of benzene rings is 3. The lowest BCUT2D eigenvalue weighted by molar-refractivity contribution is -0.402. The molecule has 2 aromatic heterocycles. The molecule has 0 N–H and O–H groups in total. The standard InChI is InChI=1S/C28H23N5O6S2/c1-3-31(21-7-5-4-6-8-21)41(37,38)23-13-10-20(11-14-23)27(34)32(29-18-22-12-16-26(39-22)33(35)36)28-30-24-15-9-19(2)17-25(24)40-28/h4-18H,3H2,1-2H3/b29-18+. The van der Waals surface area contributed by atoms with Crippen LogP contribution in [0.2, 0.25) is 0 Å². The summed E-state index contributed by atoms with van der Waals surface area (Å²) in [7, 11) is -3.89. The molecule has 0 aliphatic rings. The van der Waals surface area contributed by atoms with Gasteiger partial charge in [0.2, 0.25) is 5.13 Å². The van der Waals surface area contributed by atoms with Gasteiger partial charge in [0.15, 0.2) is 5.76 Å². The minimum atomic E-state index is -3.89. The third-order valence-corrected chi connectivity index (χ3v) is 8.93. The van der Waals surface area contributed by atoms with E-state index in [1.165, 1.54) is 58.3 Å². The summed E-state index contributed by atoms with van der Waals surface area (Å²) in [6, 6.07) is 22.5. The summed E-state index contributed by atoms with van der Waals surface area (Å²) in [5.74, 6) is -0.987. The second-order valence-electron chi connectivity index (χ2n) is 8.79. The molecule has 2 heterocycles. The first-order chi connectivity index (χ1) is 19.7. The molecule has 1 amide bonds. The second kappa shape index (κ2) is 11.3. The van der Waals surface area contributed by atoms with Gasteiger partial charge < -0.3 is 4.42 Å². The van der Waals surface area contributed by atoms with Crippen molar-refractivity contribution in [1.82, 2.24) is 4.98 Å². The lowest BCUT2D eigenvalue weighted by Crippen LogP contribution is -2.31. The molecule has 41 heavy (non-hydrogen) atoms. The van der Waals surface area contributed by atoms with Crippen molar-refractivity contribution in [1.29, 1.82) is 0 Å². The zero-order chi connectivity index (χ0) is 29.1. The fourth-order valence-electron chi connectivity index (χ4n) is 4.03. The normalized spacial score (nSPS) is 11.7. The Morgan fingerprint density at radius 2 is 1.80 bits per heavy atom. The fourth-order valence-corrected chi connectivity index (χ4v) is 6.52. The van der Waals surface area contributed by atoms with Gasteiger partial charge in [-0.3, -0.25) is 19.2 Å². The molecule has 208 valence electrons. The highest BCUT2D eigenvalue weighted by Crippen LogP contribution is 2.31. The predicted molar refractivity (Wildman–Crippen MR) is 157 cm³/mol. The third kappa shape index (κ3) is 5.71. The summed E-state index contributed by atoms with van der Waals surface area (Å²) in [5, 5.41) is 16.5. The van der Waals surface area contributed by atoms with Crippen LogP contribution in [-0.4, -0.2) is 37.0 Å². The molecule has 0 aliphatic heterocycles. The highest BCUT2D eigenvalue weighted by Gasteiger charge is 2.26. The van der Waals surface area contributed by atoms with Crippen molar-refractivity contribution in [3.63, 3.8) is 0 Å². The van der Waals surface area contributed by atoms with E-state index in [9.17, 15) is 23.3 Å². The van der Waals surface area contributed by atoms with Crippen LogP contribution in [0.1, 0.15) is 28.6 Å². The first-order valence-electron chi connectivity index (χ1n) is 12.3. The number of fused-ring (bicyclic) bond motifs is 1. The van der Waals surface area contributed by atoms with Gasteiger partial charge >= 0.3 is 5.88 Å². The zero-order valence-electron chi connectivity index (χ0n) is 21.9. The van der Waals surface area contributed by atoms with Crippen molar-refractivity contribution in [3.05, 3.63) is 112 Å². The number of rotatable bonds is 9. The molecule has 5 aromatic rings. The molecule has 5 rings (SSSR count). The Kier molecular flexibility index (Phi) is 7.64. The number of para-hydroxylation sites is 1. The summed E-state index contributed by atoms with van der Waals surface area (Å²) < 4.78 is 34.0. The molecule has 0 spiro atoms. The van der Waals surface area contributed by atoms with Crippen LogP contribution in [0.4, 0.5) is 16.7 Å². The van der Waals surface area contributed by atoms with Crippen LogP contribution >= 0.6 is 11.3 Å². The Morgan fingerprint density at radius 3 is 2.46 bits per heavy atom. The van der Waals surface area contributed by atoms with E-state index < -0.39 is 26.7 Å². The molecule has 13 heteroatoms. The van der Waals surface area contributed by atoms with Gasteiger partial charge in [-0.05, 0) is 74.0 Å². The van der Waals surface area contributed by atoms with Crippen LogP contribution in [0.3, 0.4) is 0 Å². The smallest absolute Gasteiger partial charge is 0.400 e. The Morgan fingerprint density at radius 1 is 1.07 bits per heavy atom. The number of amides is 1. The van der Waals surface area contributed by atoms with Gasteiger partial charge in [0.05, 0.1) is 33.1 Å². The van der Waals surface area contributed by atoms with Crippen LogP contribution in [0.25, 0.3) is 10.2 Å². The summed E-state index contributed by atoms with van der Waals surface area (Å²) >= 11 is 1.24. The summed E-state index contributed by atoms with van der Waals surface area (Å²) in [4.78, 5) is 28.5. The summed E-state index contributed by atoms with van der Waals surface area (Å²) in [6.07, 6.45) is 1.18. The number of hydrogen-bond acceptors (Lipinski definition) is 9. The molecular weight excluding hydrogens is 566 g/mol. The number of hydrazone groups is 1. The molecule has 11 nitrogen and oxygen atoms in total. The molecule has 0 saturated heterocycles. The van der Waals surface area contributed by atoms with Crippen LogP contribution < -0.4 is 9.31 Å². The van der Waals surface area contributed by atoms with E-state index in [4.69, 9.17) is 4.42 Å². The zero-order valence-corrected chi connectivity index (χ0v) is 23.5. The molecule has 0 radical (unpaired) electrons. The van der Waals surface area contributed by atoms with Crippen LogP contribution in [0.5, 0.6) is 0 Å². The quantitative estimate of drug-likeness (QED) is 0.117. The number of anilines is 2. The number of thiazole rings is 1. The Balaban J connectivity index is 1.49. The highest BCUT2D eigenvalue weighted by molar-refractivity contribution is 7.92. The van der Waals surface area contributed by atoms with E-state index in [0.29, 0.717) is 11.2 Å². The maximum absolute atomic E-state index is 13.7. The number of sulfonamides is 1. The van der Waals surface area contributed by atoms with Gasteiger partial charge in [-0.25, -0.2) is 13.4 Å². The minimum Gasteiger partial charge on any atom is -0.400 e. The largest absolute Gasteiger partial charge is 0.433 e. The van der Waals surface area contributed by atoms with E-state index in [1.807, 2.05) is 25.1 Å². The molecule has 3 aromatic carbocycles. The van der Waals surface area contributed by atoms with Gasteiger partial charge in [-0.1, -0.05) is 35.6 Å². The molecule has 0 fully saturated rings. The maximum atomic E-state index is 13.7. The Bertz CT molecular complexity index is 1870. The number of nitro groups is 1. The van der Waals surface area contributed by atoms with Gasteiger partial charge in [0.25, 0.3) is 15.9 Å². The van der Waals surface area contributed by atoms with Crippen molar-refractivity contribution < 1.29 is 22.6 Å². The van der Waals surface area contributed by atoms with Crippen molar-refractivity contribution in [2.75, 3.05) is 15.9 Å². The van der Waals surface area contributed by atoms with Crippen molar-refractivity contribution in [3.8, 4) is 0 Å². The molecule has 0 aliphatic carbocycles. The number of nitrogens with zero attached hydrogens (tertiary/aromatic N) is 5. The fraction of sp³-hybridized carbons (Fsp3) is 0.107. The Labute approximate surface area is 239 Å². The van der Waals surface area contributed by atoms with Crippen LogP contribution in [0.15, 0.2) is 99.3 Å². The van der Waals surface area contributed by atoms with Crippen LogP contribution in [-0.2, 0) is 10.0 Å². The van der Waals surface area contributed by atoms with Crippen molar-refractivity contribution in [2.45, 2.75) is 18.7 Å². The van der Waals surface area contributed by atoms with E-state index in [1.54, 1.807) is 37.3 Å². The van der Waals surface area contributed by atoms with E-state index in [0.717, 1.165) is 15.3 Å². The molecule has 0 bridgehead atoms. The lowest BCUT2D eigenvalue weighted by atomic mass is 10.2. The van der Waals surface area contributed by atoms with Crippen molar-refractivity contribution in [2.24, 2.45) is 5.10 Å². The monoisotopic (exact) mass is 589 g/mol. The number of carbonyl (C=O) groups excluding carboxylic acids is 1. The minimum absolute atomic E-state index is 0.0214.